The quantitative estimate of drug-likeness (QED) is 0.681. The van der Waals surface area contributed by atoms with E-state index in [1.807, 2.05) is 36.4 Å². The molecule has 3 aromatic rings. The van der Waals surface area contributed by atoms with Crippen LogP contribution < -0.4 is 4.72 Å². The Morgan fingerprint density at radius 1 is 1.26 bits per heavy atom. The van der Waals surface area contributed by atoms with E-state index in [0.29, 0.717) is 16.6 Å². The van der Waals surface area contributed by atoms with Gasteiger partial charge in [-0.1, -0.05) is 35.5 Å². The van der Waals surface area contributed by atoms with E-state index in [4.69, 9.17) is 4.52 Å². The van der Waals surface area contributed by atoms with E-state index < -0.39 is 10.0 Å². The van der Waals surface area contributed by atoms with Crippen molar-refractivity contribution in [3.8, 4) is 0 Å². The molecule has 0 unspecified atom stereocenters. The fourth-order valence-electron chi connectivity index (χ4n) is 2.09. The first-order valence-corrected chi connectivity index (χ1v) is 9.88. The molecule has 1 aromatic carbocycles. The molecule has 0 fully saturated rings. The van der Waals surface area contributed by atoms with Gasteiger partial charge in [-0.3, -0.25) is 0 Å². The maximum Gasteiger partial charge on any atom is 0.274 e. The standard InChI is InChI=1S/C15H13BrN2O3S2/c1-10-13(16)14(21-17-10)18-23(19,20)15-12(7-8-22-15)9-11-5-3-2-4-6-11/h2-8,18H,9H2,1H3. The van der Waals surface area contributed by atoms with Crippen LogP contribution >= 0.6 is 27.3 Å². The third kappa shape index (κ3) is 3.49. The normalized spacial score (nSPS) is 11.6. The van der Waals surface area contributed by atoms with Gasteiger partial charge in [-0.25, -0.2) is 13.1 Å². The summed E-state index contributed by atoms with van der Waals surface area (Å²) in [4.78, 5) is 0. The van der Waals surface area contributed by atoms with Crippen LogP contribution in [0.25, 0.3) is 0 Å². The van der Waals surface area contributed by atoms with Gasteiger partial charge in [-0.15, -0.1) is 11.3 Å². The molecule has 3 rings (SSSR count). The smallest absolute Gasteiger partial charge is 0.274 e. The summed E-state index contributed by atoms with van der Waals surface area (Å²) >= 11 is 4.44. The monoisotopic (exact) mass is 412 g/mol. The van der Waals surface area contributed by atoms with Crippen molar-refractivity contribution in [2.45, 2.75) is 17.6 Å². The summed E-state index contributed by atoms with van der Waals surface area (Å²) < 4.78 is 33.5. The average molecular weight is 413 g/mol. The lowest BCUT2D eigenvalue weighted by molar-refractivity contribution is 0.430. The van der Waals surface area contributed by atoms with Gasteiger partial charge < -0.3 is 4.52 Å². The molecule has 0 saturated heterocycles. The number of nitrogens with one attached hydrogen (secondary N) is 1. The number of halogens is 1. The minimum atomic E-state index is -3.73. The summed E-state index contributed by atoms with van der Waals surface area (Å²) in [7, 11) is -3.73. The first-order chi connectivity index (χ1) is 11.0. The van der Waals surface area contributed by atoms with Crippen molar-refractivity contribution in [3.05, 3.63) is 63.1 Å². The first kappa shape index (κ1) is 16.2. The van der Waals surface area contributed by atoms with E-state index in [0.717, 1.165) is 11.1 Å². The molecule has 2 heterocycles. The highest BCUT2D eigenvalue weighted by molar-refractivity contribution is 9.10. The predicted octanol–water partition coefficient (Wildman–Crippen LogP) is 4.20. The Labute approximate surface area is 146 Å². The second-order valence-corrected chi connectivity index (χ2v) is 8.50. The van der Waals surface area contributed by atoms with Gasteiger partial charge in [0.05, 0.1) is 5.69 Å². The molecule has 2 aromatic heterocycles. The van der Waals surface area contributed by atoms with Crippen LogP contribution in [-0.2, 0) is 16.4 Å². The van der Waals surface area contributed by atoms with Crippen LogP contribution in [0.4, 0.5) is 5.88 Å². The number of anilines is 1. The molecule has 8 heteroatoms. The topological polar surface area (TPSA) is 72.2 Å². The van der Waals surface area contributed by atoms with Crippen molar-refractivity contribution in [2.24, 2.45) is 0 Å². The number of hydrogen-bond acceptors (Lipinski definition) is 5. The molecule has 23 heavy (non-hydrogen) atoms. The first-order valence-electron chi connectivity index (χ1n) is 6.72. The lowest BCUT2D eigenvalue weighted by atomic mass is 10.1. The minimum absolute atomic E-state index is 0.0848. The van der Waals surface area contributed by atoms with Crippen LogP contribution in [0.5, 0.6) is 0 Å². The maximum absolute atomic E-state index is 12.6. The second-order valence-electron chi connectivity index (χ2n) is 4.91. The number of benzene rings is 1. The van der Waals surface area contributed by atoms with Crippen LogP contribution in [0, 0.1) is 6.92 Å². The Hall–Kier alpha value is -1.64. The molecule has 0 saturated carbocycles. The number of hydrogen-bond donors (Lipinski definition) is 1. The van der Waals surface area contributed by atoms with Crippen molar-refractivity contribution in [2.75, 3.05) is 4.72 Å². The number of thiophene rings is 1. The molecule has 120 valence electrons. The van der Waals surface area contributed by atoms with E-state index in [1.165, 1.54) is 11.3 Å². The Morgan fingerprint density at radius 2 is 2.00 bits per heavy atom. The Morgan fingerprint density at radius 3 is 2.65 bits per heavy atom. The Kier molecular flexibility index (Phi) is 4.56. The highest BCUT2D eigenvalue weighted by Gasteiger charge is 2.24. The van der Waals surface area contributed by atoms with Gasteiger partial charge in [-0.05, 0) is 51.8 Å². The van der Waals surface area contributed by atoms with Crippen LogP contribution in [0.2, 0.25) is 0 Å². The fourth-order valence-corrected chi connectivity index (χ4v) is 4.88. The lowest BCUT2D eigenvalue weighted by Gasteiger charge is -2.07. The largest absolute Gasteiger partial charge is 0.336 e. The highest BCUT2D eigenvalue weighted by atomic mass is 79.9. The van der Waals surface area contributed by atoms with Crippen molar-refractivity contribution in [3.63, 3.8) is 0 Å². The zero-order chi connectivity index (χ0) is 16.4. The van der Waals surface area contributed by atoms with Crippen molar-refractivity contribution >= 4 is 43.2 Å². The third-order valence-corrected chi connectivity index (χ3v) is 7.04. The van der Waals surface area contributed by atoms with Gasteiger partial charge in [-0.2, -0.15) is 0 Å². The predicted molar refractivity (Wildman–Crippen MR) is 93.3 cm³/mol. The Bertz CT molecular complexity index is 917. The molecule has 0 aliphatic heterocycles. The van der Waals surface area contributed by atoms with Gasteiger partial charge >= 0.3 is 0 Å². The molecular formula is C15H13BrN2O3S2. The van der Waals surface area contributed by atoms with Gasteiger partial charge in [0.2, 0.25) is 0 Å². The summed E-state index contributed by atoms with van der Waals surface area (Å²) in [5.74, 6) is 0.0848. The second kappa shape index (κ2) is 6.46. The summed E-state index contributed by atoms with van der Waals surface area (Å²) in [6.07, 6.45) is 0.553. The molecule has 0 amide bonds. The van der Waals surface area contributed by atoms with E-state index in [2.05, 4.69) is 25.8 Å². The zero-order valence-corrected chi connectivity index (χ0v) is 15.3. The molecule has 0 radical (unpaired) electrons. The fraction of sp³-hybridized carbons (Fsp3) is 0.133. The number of sulfonamides is 1. The van der Waals surface area contributed by atoms with Crippen LogP contribution in [0.3, 0.4) is 0 Å². The van der Waals surface area contributed by atoms with E-state index in [-0.39, 0.29) is 10.1 Å². The average Bonchev–Trinajstić information content (AvgIpc) is 3.11. The number of aryl methyl sites for hydroxylation is 1. The summed E-state index contributed by atoms with van der Waals surface area (Å²) in [6, 6.07) is 11.6. The molecule has 5 nitrogen and oxygen atoms in total. The molecular weight excluding hydrogens is 400 g/mol. The number of nitrogens with zero attached hydrogens (tertiary/aromatic N) is 1. The van der Waals surface area contributed by atoms with Crippen LogP contribution in [-0.4, -0.2) is 13.6 Å². The molecule has 0 bridgehead atoms. The third-order valence-electron chi connectivity index (χ3n) is 3.21. The number of rotatable bonds is 5. The minimum Gasteiger partial charge on any atom is -0.336 e. The molecule has 0 atom stereocenters. The van der Waals surface area contributed by atoms with Crippen LogP contribution in [0.15, 0.2) is 55.0 Å². The number of aromatic nitrogens is 1. The molecule has 0 spiro atoms. The van der Waals surface area contributed by atoms with E-state index in [9.17, 15) is 8.42 Å². The SMILES string of the molecule is Cc1noc(NS(=O)(=O)c2sccc2Cc2ccccc2)c1Br. The van der Waals surface area contributed by atoms with Gasteiger partial charge in [0.25, 0.3) is 15.9 Å². The summed E-state index contributed by atoms with van der Waals surface area (Å²) in [6.45, 7) is 1.72. The molecule has 0 aliphatic rings. The van der Waals surface area contributed by atoms with Crippen molar-refractivity contribution < 1.29 is 12.9 Å². The highest BCUT2D eigenvalue weighted by Crippen LogP contribution is 2.31. The maximum atomic E-state index is 12.6. The Balaban J connectivity index is 1.89. The van der Waals surface area contributed by atoms with Gasteiger partial charge in [0.15, 0.2) is 0 Å². The molecule has 0 aliphatic carbocycles. The summed E-state index contributed by atoms with van der Waals surface area (Å²) in [5.41, 5.74) is 2.39. The lowest BCUT2D eigenvalue weighted by Crippen LogP contribution is -2.13. The van der Waals surface area contributed by atoms with E-state index in [1.54, 1.807) is 12.3 Å². The van der Waals surface area contributed by atoms with E-state index >= 15 is 0 Å². The van der Waals surface area contributed by atoms with Gasteiger partial charge in [0, 0.05) is 0 Å². The zero-order valence-electron chi connectivity index (χ0n) is 12.1. The van der Waals surface area contributed by atoms with Crippen molar-refractivity contribution in [1.29, 1.82) is 0 Å². The van der Waals surface area contributed by atoms with Gasteiger partial charge in [0.1, 0.15) is 8.68 Å². The van der Waals surface area contributed by atoms with Crippen molar-refractivity contribution in [1.82, 2.24) is 5.16 Å². The molecule has 1 N–H and O–H groups in total. The van der Waals surface area contributed by atoms with Crippen LogP contribution in [0.1, 0.15) is 16.8 Å². The summed E-state index contributed by atoms with van der Waals surface area (Å²) in [5, 5.41) is 5.50.